The third-order valence-corrected chi connectivity index (χ3v) is 5.97. The van der Waals surface area contributed by atoms with Gasteiger partial charge in [0.2, 0.25) is 5.91 Å². The molecule has 2 heterocycles. The summed E-state index contributed by atoms with van der Waals surface area (Å²) in [5, 5.41) is 6.93. The van der Waals surface area contributed by atoms with Gasteiger partial charge in [-0.05, 0) is 37.3 Å². The van der Waals surface area contributed by atoms with Crippen molar-refractivity contribution >= 4 is 11.9 Å². The van der Waals surface area contributed by atoms with Crippen LogP contribution in [0.3, 0.4) is 0 Å². The largest absolute Gasteiger partial charge is 0.356 e. The number of likely N-dealkylation sites (tertiary alicyclic amines) is 1. The van der Waals surface area contributed by atoms with Crippen molar-refractivity contribution < 1.29 is 4.79 Å². The average molecular weight is 386 g/mol. The Bertz CT molecular complexity index is 677. The molecule has 1 saturated heterocycles. The van der Waals surface area contributed by atoms with E-state index in [4.69, 9.17) is 0 Å². The fourth-order valence-corrected chi connectivity index (χ4v) is 4.10. The minimum Gasteiger partial charge on any atom is -0.356 e. The zero-order valence-electron chi connectivity index (χ0n) is 17.7. The molecule has 0 aromatic heterocycles. The molecule has 1 aromatic rings. The number of carbonyl (C=O) groups is 1. The summed E-state index contributed by atoms with van der Waals surface area (Å²) in [5.41, 5.74) is 2.56. The highest BCUT2D eigenvalue weighted by molar-refractivity contribution is 5.80. The van der Waals surface area contributed by atoms with E-state index in [0.29, 0.717) is 24.4 Å². The van der Waals surface area contributed by atoms with E-state index in [9.17, 15) is 4.79 Å². The van der Waals surface area contributed by atoms with Crippen molar-refractivity contribution in [2.24, 2.45) is 10.9 Å². The van der Waals surface area contributed by atoms with E-state index < -0.39 is 0 Å². The van der Waals surface area contributed by atoms with Crippen LogP contribution < -0.4 is 10.6 Å². The van der Waals surface area contributed by atoms with Gasteiger partial charge in [0.25, 0.3) is 0 Å². The van der Waals surface area contributed by atoms with Gasteiger partial charge < -0.3 is 15.5 Å². The van der Waals surface area contributed by atoms with Crippen LogP contribution >= 0.6 is 0 Å². The molecule has 2 aliphatic heterocycles. The smallest absolute Gasteiger partial charge is 0.223 e. The molecular weight excluding hydrogens is 350 g/mol. The van der Waals surface area contributed by atoms with E-state index in [2.05, 4.69) is 53.4 Å². The number of rotatable bonds is 6. The minimum absolute atomic E-state index is 0.234. The lowest BCUT2D eigenvalue weighted by Crippen LogP contribution is -2.47. The van der Waals surface area contributed by atoms with Crippen LogP contribution in [0.25, 0.3) is 0 Å². The normalized spacial score (nSPS) is 22.6. The lowest BCUT2D eigenvalue weighted by molar-refractivity contribution is -0.131. The van der Waals surface area contributed by atoms with Crippen molar-refractivity contribution in [2.75, 3.05) is 26.7 Å². The van der Waals surface area contributed by atoms with Crippen molar-refractivity contribution in [1.29, 1.82) is 0 Å². The number of guanidine groups is 1. The van der Waals surface area contributed by atoms with Gasteiger partial charge in [-0.25, -0.2) is 0 Å². The van der Waals surface area contributed by atoms with E-state index >= 15 is 0 Å². The molecule has 28 heavy (non-hydrogen) atoms. The predicted octanol–water partition coefficient (Wildman–Crippen LogP) is 2.20. The van der Waals surface area contributed by atoms with Crippen LogP contribution in [0.5, 0.6) is 0 Å². The van der Waals surface area contributed by atoms with Crippen LogP contribution in [-0.2, 0) is 17.9 Å². The van der Waals surface area contributed by atoms with Crippen molar-refractivity contribution in [3.63, 3.8) is 0 Å². The Morgan fingerprint density at radius 2 is 1.89 bits per heavy atom. The first-order valence-corrected chi connectivity index (χ1v) is 10.5. The lowest BCUT2D eigenvalue weighted by Gasteiger charge is -2.22. The molecule has 2 aliphatic rings. The first-order valence-electron chi connectivity index (χ1n) is 10.5. The third kappa shape index (κ3) is 5.04. The summed E-state index contributed by atoms with van der Waals surface area (Å²) in [6.45, 7) is 11.2. The summed E-state index contributed by atoms with van der Waals surface area (Å²) in [5.74, 6) is 1.67. The summed E-state index contributed by atoms with van der Waals surface area (Å²) in [7, 11) is 1.81. The molecule has 6 nitrogen and oxygen atoms in total. The van der Waals surface area contributed by atoms with Gasteiger partial charge in [-0.15, -0.1) is 0 Å². The van der Waals surface area contributed by atoms with E-state index in [1.165, 1.54) is 11.1 Å². The summed E-state index contributed by atoms with van der Waals surface area (Å²) in [6.07, 6.45) is 1.38. The zero-order valence-corrected chi connectivity index (χ0v) is 17.7. The second-order valence-corrected chi connectivity index (χ2v) is 8.40. The Labute approximate surface area is 169 Å². The Hall–Kier alpha value is -2.08. The van der Waals surface area contributed by atoms with Crippen molar-refractivity contribution in [3.8, 4) is 0 Å². The molecule has 1 aromatic carbocycles. The number of amides is 1. The van der Waals surface area contributed by atoms with Gasteiger partial charge >= 0.3 is 0 Å². The molecule has 0 aliphatic carbocycles. The fourth-order valence-electron chi connectivity index (χ4n) is 4.10. The molecule has 2 atom stereocenters. The quantitative estimate of drug-likeness (QED) is 0.448. The molecule has 3 rings (SSSR count). The number of hydrogen-bond donors (Lipinski definition) is 2. The predicted molar refractivity (Wildman–Crippen MR) is 114 cm³/mol. The zero-order chi connectivity index (χ0) is 20.1. The topological polar surface area (TPSA) is 60.0 Å². The highest BCUT2D eigenvalue weighted by Gasteiger charge is 2.31. The Morgan fingerprint density at radius 1 is 1.21 bits per heavy atom. The molecule has 1 amide bonds. The van der Waals surface area contributed by atoms with Gasteiger partial charge in [0.15, 0.2) is 5.96 Å². The average Bonchev–Trinajstić information content (AvgIpc) is 3.27. The molecule has 154 valence electrons. The molecule has 0 spiro atoms. The highest BCUT2D eigenvalue weighted by Crippen LogP contribution is 2.23. The first-order chi connectivity index (χ1) is 13.5. The monoisotopic (exact) mass is 385 g/mol. The molecule has 0 saturated carbocycles. The van der Waals surface area contributed by atoms with Crippen LogP contribution in [0.4, 0.5) is 0 Å². The van der Waals surface area contributed by atoms with Crippen LogP contribution in [0, 0.1) is 5.92 Å². The van der Waals surface area contributed by atoms with E-state index in [-0.39, 0.29) is 5.91 Å². The van der Waals surface area contributed by atoms with Crippen molar-refractivity contribution in [1.82, 2.24) is 20.4 Å². The number of benzene rings is 1. The summed E-state index contributed by atoms with van der Waals surface area (Å²) in [6, 6.07) is 9.31. The minimum atomic E-state index is 0.234. The van der Waals surface area contributed by atoms with Gasteiger partial charge in [-0.3, -0.25) is 14.7 Å². The summed E-state index contributed by atoms with van der Waals surface area (Å²) < 4.78 is 0. The molecule has 6 heteroatoms. The maximum absolute atomic E-state index is 12.5. The number of carbonyl (C=O) groups excluding carboxylic acids is 1. The molecule has 2 unspecified atom stereocenters. The highest BCUT2D eigenvalue weighted by atomic mass is 16.2. The summed E-state index contributed by atoms with van der Waals surface area (Å²) in [4.78, 5) is 21.3. The Morgan fingerprint density at radius 3 is 2.46 bits per heavy atom. The van der Waals surface area contributed by atoms with Crippen LogP contribution in [-0.4, -0.2) is 60.4 Å². The summed E-state index contributed by atoms with van der Waals surface area (Å²) >= 11 is 0. The fraction of sp³-hybridized carbons (Fsp3) is 0.636. The Kier molecular flexibility index (Phi) is 6.94. The third-order valence-electron chi connectivity index (χ3n) is 5.97. The molecule has 0 radical (unpaired) electrons. The molecular formula is C22H35N5O. The van der Waals surface area contributed by atoms with Gasteiger partial charge in [0.1, 0.15) is 0 Å². The maximum atomic E-state index is 12.5. The van der Waals surface area contributed by atoms with E-state index in [1.807, 2.05) is 24.1 Å². The molecule has 0 bridgehead atoms. The van der Waals surface area contributed by atoms with Crippen LogP contribution in [0.2, 0.25) is 0 Å². The number of aliphatic imine (C=N–C) groups is 1. The van der Waals surface area contributed by atoms with Gasteiger partial charge in [0, 0.05) is 58.3 Å². The number of fused-ring (bicyclic) bond motifs is 1. The maximum Gasteiger partial charge on any atom is 0.223 e. The molecule has 1 fully saturated rings. The number of nitrogens with zero attached hydrogens (tertiary/aromatic N) is 3. The lowest BCUT2D eigenvalue weighted by atomic mass is 10.1. The van der Waals surface area contributed by atoms with E-state index in [0.717, 1.165) is 45.1 Å². The Balaban J connectivity index is 1.37. The van der Waals surface area contributed by atoms with Crippen molar-refractivity contribution in [2.45, 2.75) is 58.8 Å². The van der Waals surface area contributed by atoms with Gasteiger partial charge in [-0.2, -0.15) is 0 Å². The second kappa shape index (κ2) is 9.41. The van der Waals surface area contributed by atoms with Crippen molar-refractivity contribution in [3.05, 3.63) is 35.4 Å². The molecule has 2 N–H and O–H groups in total. The number of nitrogens with one attached hydrogen (secondary N) is 2. The SMILES string of the molecule is CN=C(NCCCC(=O)N1Cc2ccccc2C1)NC1CN(C(C)C)CC1C. The standard InChI is InChI=1S/C22H35N5O/c1-16(2)26-12-17(3)20(15-26)25-22(23-4)24-11-7-10-21(28)27-13-18-8-5-6-9-19(18)14-27/h5-6,8-9,16-17,20H,7,10-15H2,1-4H3,(H2,23,24,25). The second-order valence-electron chi connectivity index (χ2n) is 8.40. The first kappa shape index (κ1) is 20.6. The number of hydrogen-bond acceptors (Lipinski definition) is 3. The van der Waals surface area contributed by atoms with Gasteiger partial charge in [-0.1, -0.05) is 31.2 Å². The van der Waals surface area contributed by atoms with E-state index in [1.54, 1.807) is 0 Å². The van der Waals surface area contributed by atoms with Gasteiger partial charge in [0.05, 0.1) is 0 Å². The van der Waals surface area contributed by atoms with Crippen LogP contribution in [0.1, 0.15) is 44.7 Å². The van der Waals surface area contributed by atoms with Crippen LogP contribution in [0.15, 0.2) is 29.3 Å².